The van der Waals surface area contributed by atoms with E-state index in [9.17, 15) is 23.7 Å². The van der Waals surface area contributed by atoms with E-state index in [1.54, 1.807) is 0 Å². The Bertz CT molecular complexity index is 395. The second-order valence-electron chi connectivity index (χ2n) is 4.30. The summed E-state index contributed by atoms with van der Waals surface area (Å²) in [5, 5.41) is 16.0. The molecule has 0 aliphatic heterocycles. The van der Waals surface area contributed by atoms with Gasteiger partial charge in [0.1, 0.15) is 23.9 Å². The van der Waals surface area contributed by atoms with Crippen LogP contribution in [0.25, 0.3) is 0 Å². The predicted octanol–water partition coefficient (Wildman–Crippen LogP) is 0.871. The predicted molar refractivity (Wildman–Crippen MR) is 93.3 cm³/mol. The van der Waals surface area contributed by atoms with Gasteiger partial charge in [-0.3, -0.25) is 14.2 Å². The van der Waals surface area contributed by atoms with Crippen LogP contribution in [-0.2, 0) is 23.7 Å². The fourth-order valence-corrected chi connectivity index (χ4v) is 1.54. The lowest BCUT2D eigenvalue weighted by molar-refractivity contribution is -0.138. The summed E-state index contributed by atoms with van der Waals surface area (Å²) in [4.78, 5) is 47.3. The smallest absolute Gasteiger partial charge is 0.320 e. The first-order valence-electron chi connectivity index (χ1n) is 6.44. The number of hydrogen-bond acceptors (Lipinski definition) is 7. The van der Waals surface area contributed by atoms with E-state index in [4.69, 9.17) is 20.8 Å². The summed E-state index contributed by atoms with van der Waals surface area (Å²) in [7, 11) is -3.10. The molecule has 0 saturated heterocycles. The molecule has 0 fully saturated rings. The van der Waals surface area contributed by atoms with Crippen molar-refractivity contribution in [2.45, 2.75) is 31.7 Å². The standard InChI is InChI=1S/C5H12NO4P.C5H8O2.C2H3BrO2.H3N/c1-11(9,10)3-2-4(6)5(7)8;6-4-2-1-3-5-7;3-1-2(4)5;/h4H,2-3,6H2,1H3,(H,7,8)(H,9,10);4-5H,1-3H2;1H2,(H,4,5);1H3. The van der Waals surface area contributed by atoms with Gasteiger partial charge in [0.05, 0.1) is 0 Å². The Morgan fingerprint density at radius 1 is 1.21 bits per heavy atom. The number of carboxylic acid groups (broad SMARTS) is 2. The molecule has 0 aliphatic carbocycles. The van der Waals surface area contributed by atoms with Gasteiger partial charge in [-0.05, 0) is 12.8 Å². The van der Waals surface area contributed by atoms with Crippen molar-refractivity contribution in [1.82, 2.24) is 6.15 Å². The average Bonchev–Trinajstić information content (AvgIpc) is 2.45. The van der Waals surface area contributed by atoms with E-state index >= 15 is 0 Å². The summed E-state index contributed by atoms with van der Waals surface area (Å²) < 4.78 is 10.6. The molecule has 0 heterocycles. The van der Waals surface area contributed by atoms with Crippen LogP contribution in [0, 0.1) is 0 Å². The molecule has 144 valence electrons. The maximum Gasteiger partial charge on any atom is 0.320 e. The number of carbonyl (C=O) groups excluding carboxylic acids is 2. The van der Waals surface area contributed by atoms with Crippen molar-refractivity contribution in [2.24, 2.45) is 5.73 Å². The number of unbranched alkanes of at least 4 members (excludes halogenated alkanes) is 2. The Morgan fingerprint density at radius 2 is 1.58 bits per heavy atom. The van der Waals surface area contributed by atoms with Crippen molar-refractivity contribution in [3.05, 3.63) is 0 Å². The molecule has 0 rings (SSSR count). The molecular formula is C12H26BrN2O8P. The van der Waals surface area contributed by atoms with Crippen molar-refractivity contribution in [1.29, 1.82) is 0 Å². The normalized spacial score (nSPS) is 12.5. The van der Waals surface area contributed by atoms with E-state index in [2.05, 4.69) is 15.9 Å². The monoisotopic (exact) mass is 436 g/mol. The first kappa shape index (κ1) is 30.7. The van der Waals surface area contributed by atoms with E-state index < -0.39 is 25.3 Å². The third-order valence-electron chi connectivity index (χ3n) is 1.93. The van der Waals surface area contributed by atoms with Gasteiger partial charge in [-0.25, -0.2) is 0 Å². The van der Waals surface area contributed by atoms with E-state index in [0.29, 0.717) is 19.3 Å². The fourth-order valence-electron chi connectivity index (χ4n) is 0.787. The molecule has 24 heavy (non-hydrogen) atoms. The quantitative estimate of drug-likeness (QED) is 0.149. The Kier molecular flexibility index (Phi) is 25.5. The van der Waals surface area contributed by atoms with Crippen molar-refractivity contribution in [3.8, 4) is 0 Å². The van der Waals surface area contributed by atoms with E-state index in [1.165, 1.54) is 6.66 Å². The third kappa shape index (κ3) is 37.3. The van der Waals surface area contributed by atoms with Gasteiger partial charge in [-0.15, -0.1) is 0 Å². The van der Waals surface area contributed by atoms with Crippen LogP contribution in [0.15, 0.2) is 0 Å². The number of carbonyl (C=O) groups is 4. The SMILES string of the molecule is CP(=O)(O)CCC(N)C(=O)O.N.O=C(O)CBr.O=CCCCC=O. The summed E-state index contributed by atoms with van der Waals surface area (Å²) in [6.07, 6.45) is 3.37. The van der Waals surface area contributed by atoms with Gasteiger partial charge in [0.2, 0.25) is 0 Å². The summed E-state index contributed by atoms with van der Waals surface area (Å²) in [5.74, 6) is -1.97. The molecule has 0 radical (unpaired) electrons. The van der Waals surface area contributed by atoms with Crippen LogP contribution in [0.1, 0.15) is 25.7 Å². The van der Waals surface area contributed by atoms with E-state index in [0.717, 1.165) is 12.6 Å². The number of aliphatic carboxylic acids is 2. The van der Waals surface area contributed by atoms with Crippen LogP contribution >= 0.6 is 23.3 Å². The molecule has 2 atom stereocenters. The number of rotatable bonds is 9. The number of hydrogen-bond donors (Lipinski definition) is 5. The molecule has 10 nitrogen and oxygen atoms in total. The molecule has 0 amide bonds. The number of carboxylic acids is 2. The molecule has 12 heteroatoms. The largest absolute Gasteiger partial charge is 0.481 e. The van der Waals surface area contributed by atoms with Gasteiger partial charge in [0.25, 0.3) is 0 Å². The van der Waals surface area contributed by atoms with Crippen molar-refractivity contribution < 1.29 is 38.8 Å². The van der Waals surface area contributed by atoms with Crippen molar-refractivity contribution >= 4 is 47.8 Å². The lowest BCUT2D eigenvalue weighted by Gasteiger charge is -2.07. The molecule has 0 aliphatic rings. The highest BCUT2D eigenvalue weighted by atomic mass is 79.9. The third-order valence-corrected chi connectivity index (χ3v) is 3.50. The summed E-state index contributed by atoms with van der Waals surface area (Å²) in [6, 6.07) is -1.03. The molecule has 8 N–H and O–H groups in total. The van der Waals surface area contributed by atoms with Crippen LogP contribution in [0.5, 0.6) is 0 Å². The maximum atomic E-state index is 10.6. The first-order chi connectivity index (χ1) is 10.5. The maximum absolute atomic E-state index is 10.6. The molecule has 0 bridgehead atoms. The second-order valence-corrected chi connectivity index (χ2v) is 7.41. The lowest BCUT2D eigenvalue weighted by atomic mass is 10.2. The topological polar surface area (TPSA) is 207 Å². The number of nitrogens with two attached hydrogens (primary N) is 1. The zero-order chi connectivity index (χ0) is 18.9. The van der Waals surface area contributed by atoms with Crippen molar-refractivity contribution in [3.63, 3.8) is 0 Å². The summed E-state index contributed by atoms with van der Waals surface area (Å²) >= 11 is 2.71. The zero-order valence-corrected chi connectivity index (χ0v) is 15.9. The van der Waals surface area contributed by atoms with Gasteiger partial charge in [0.15, 0.2) is 7.37 Å². The van der Waals surface area contributed by atoms with Gasteiger partial charge in [0, 0.05) is 25.7 Å². The van der Waals surface area contributed by atoms with Crippen LogP contribution in [0.2, 0.25) is 0 Å². The number of alkyl halides is 1. The van der Waals surface area contributed by atoms with Crippen LogP contribution in [0.3, 0.4) is 0 Å². The highest BCUT2D eigenvalue weighted by Gasteiger charge is 2.16. The van der Waals surface area contributed by atoms with E-state index in [-0.39, 0.29) is 24.1 Å². The Morgan fingerprint density at radius 3 is 1.79 bits per heavy atom. The molecular weight excluding hydrogens is 411 g/mol. The lowest BCUT2D eigenvalue weighted by Crippen LogP contribution is -2.30. The number of halogens is 1. The molecule has 0 aromatic rings. The molecule has 2 unspecified atom stereocenters. The Balaban J connectivity index is -0.000000133. The van der Waals surface area contributed by atoms with Gasteiger partial charge in [-0.2, -0.15) is 0 Å². The van der Waals surface area contributed by atoms with Gasteiger partial charge >= 0.3 is 11.9 Å². The van der Waals surface area contributed by atoms with Crippen LogP contribution in [-0.4, -0.2) is 63.8 Å². The molecule has 0 spiro atoms. The molecule has 0 aromatic carbocycles. The van der Waals surface area contributed by atoms with Crippen LogP contribution in [0.4, 0.5) is 0 Å². The fraction of sp³-hybridized carbons (Fsp3) is 0.667. The Hall–Kier alpha value is -1.13. The minimum absolute atomic E-state index is 0. The summed E-state index contributed by atoms with van der Waals surface area (Å²) in [6.45, 7) is 1.18. The first-order valence-corrected chi connectivity index (χ1v) is 9.85. The highest BCUT2D eigenvalue weighted by Crippen LogP contribution is 2.35. The zero-order valence-electron chi connectivity index (χ0n) is 13.5. The van der Waals surface area contributed by atoms with Gasteiger partial charge < -0.3 is 36.6 Å². The van der Waals surface area contributed by atoms with Crippen LogP contribution < -0.4 is 11.9 Å². The van der Waals surface area contributed by atoms with Gasteiger partial charge in [-0.1, -0.05) is 15.9 Å². The second kappa shape index (κ2) is 19.9. The summed E-state index contributed by atoms with van der Waals surface area (Å²) in [5.41, 5.74) is 5.09. The molecule has 0 aromatic heterocycles. The minimum atomic E-state index is -3.10. The molecule has 0 saturated carbocycles. The average molecular weight is 437 g/mol. The number of aldehydes is 2. The van der Waals surface area contributed by atoms with E-state index in [1.807, 2.05) is 0 Å². The highest BCUT2D eigenvalue weighted by molar-refractivity contribution is 9.09. The van der Waals surface area contributed by atoms with Crippen molar-refractivity contribution in [2.75, 3.05) is 18.2 Å². The minimum Gasteiger partial charge on any atom is -0.481 e. The Labute approximate surface area is 149 Å².